The summed E-state index contributed by atoms with van der Waals surface area (Å²) in [6.07, 6.45) is -3.85. The minimum atomic E-state index is -4.28. The van der Waals surface area contributed by atoms with E-state index < -0.39 is 42.9 Å². The van der Waals surface area contributed by atoms with Crippen LogP contribution in [0.3, 0.4) is 0 Å². The Kier molecular flexibility index (Phi) is 4.82. The van der Waals surface area contributed by atoms with E-state index in [1.54, 1.807) is 0 Å². The number of halogens is 5. The quantitative estimate of drug-likeness (QED) is 0.817. The van der Waals surface area contributed by atoms with Crippen molar-refractivity contribution in [1.29, 1.82) is 0 Å². The minimum Gasteiger partial charge on any atom is -0.478 e. The Morgan fingerprint density at radius 3 is 2.47 bits per heavy atom. The van der Waals surface area contributed by atoms with Gasteiger partial charge < -0.3 is 9.84 Å². The van der Waals surface area contributed by atoms with Gasteiger partial charge in [-0.1, -0.05) is 6.07 Å². The Morgan fingerprint density at radius 2 is 2.00 bits per heavy atom. The molecular formula is C11H9F5O3. The van der Waals surface area contributed by atoms with Crippen LogP contribution in [-0.4, -0.2) is 30.0 Å². The number of carboxylic acid groups (broad SMARTS) is 1. The van der Waals surface area contributed by atoms with Gasteiger partial charge in [0.25, 0.3) is 0 Å². The van der Waals surface area contributed by atoms with Crippen LogP contribution in [0.15, 0.2) is 18.2 Å². The van der Waals surface area contributed by atoms with Crippen molar-refractivity contribution in [2.45, 2.75) is 19.0 Å². The fourth-order valence-corrected chi connectivity index (χ4v) is 1.19. The average molecular weight is 284 g/mol. The second-order valence-corrected chi connectivity index (χ2v) is 3.67. The highest BCUT2D eigenvalue weighted by molar-refractivity contribution is 5.87. The fraction of sp³-hybridized carbons (Fsp3) is 0.364. The average Bonchev–Trinajstić information content (AvgIpc) is 2.28. The van der Waals surface area contributed by atoms with Crippen molar-refractivity contribution in [3.8, 4) is 0 Å². The van der Waals surface area contributed by atoms with E-state index in [9.17, 15) is 26.7 Å². The molecule has 0 unspecified atom stereocenters. The Balaban J connectivity index is 2.60. The highest BCUT2D eigenvalue weighted by Gasteiger charge is 2.40. The number of benzene rings is 1. The van der Waals surface area contributed by atoms with Crippen molar-refractivity contribution in [3.63, 3.8) is 0 Å². The molecule has 0 aliphatic carbocycles. The van der Waals surface area contributed by atoms with Crippen LogP contribution in [0.1, 0.15) is 15.9 Å². The van der Waals surface area contributed by atoms with Crippen molar-refractivity contribution in [2.24, 2.45) is 0 Å². The molecule has 0 aromatic heterocycles. The maximum absolute atomic E-state index is 13.2. The van der Waals surface area contributed by atoms with Gasteiger partial charge in [0.15, 0.2) is 0 Å². The van der Waals surface area contributed by atoms with Crippen LogP contribution >= 0.6 is 0 Å². The first-order chi connectivity index (χ1) is 8.74. The largest absolute Gasteiger partial charge is 0.478 e. The van der Waals surface area contributed by atoms with Crippen LogP contribution in [0.25, 0.3) is 0 Å². The molecule has 0 fully saturated rings. The number of aromatic carboxylic acids is 1. The van der Waals surface area contributed by atoms with Gasteiger partial charge >= 0.3 is 18.3 Å². The van der Waals surface area contributed by atoms with E-state index in [1.807, 2.05) is 0 Å². The summed E-state index contributed by atoms with van der Waals surface area (Å²) < 4.78 is 66.1. The molecule has 0 aliphatic heterocycles. The van der Waals surface area contributed by atoms with E-state index in [2.05, 4.69) is 4.74 Å². The molecule has 0 bridgehead atoms. The molecule has 0 atom stereocenters. The second kappa shape index (κ2) is 5.96. The van der Waals surface area contributed by atoms with Crippen molar-refractivity contribution >= 4 is 5.97 Å². The number of hydrogen-bond acceptors (Lipinski definition) is 2. The molecule has 3 nitrogen and oxygen atoms in total. The zero-order chi connectivity index (χ0) is 14.6. The fourth-order valence-electron chi connectivity index (χ4n) is 1.19. The summed E-state index contributed by atoms with van der Waals surface area (Å²) in [5, 5.41) is 8.55. The predicted molar refractivity (Wildman–Crippen MR) is 54.0 cm³/mol. The van der Waals surface area contributed by atoms with Crippen LogP contribution in [0.5, 0.6) is 0 Å². The molecule has 0 saturated heterocycles. The Bertz CT molecular complexity index is 462. The molecule has 8 heteroatoms. The minimum absolute atomic E-state index is 0.0626. The van der Waals surface area contributed by atoms with Gasteiger partial charge in [-0.15, -0.1) is 0 Å². The van der Waals surface area contributed by atoms with Crippen molar-refractivity contribution in [2.75, 3.05) is 6.61 Å². The lowest BCUT2D eigenvalue weighted by Crippen LogP contribution is -2.32. The topological polar surface area (TPSA) is 46.5 Å². The third-order valence-corrected chi connectivity index (χ3v) is 2.15. The molecule has 19 heavy (non-hydrogen) atoms. The molecule has 0 radical (unpaired) electrons. The third kappa shape index (κ3) is 4.16. The van der Waals surface area contributed by atoms with Gasteiger partial charge in [-0.25, -0.2) is 18.0 Å². The maximum Gasteiger partial charge on any atom is 0.338 e. The molecule has 0 heterocycles. The van der Waals surface area contributed by atoms with Crippen LogP contribution in [0.2, 0.25) is 0 Å². The summed E-state index contributed by atoms with van der Waals surface area (Å²) in [6.45, 7) is -2.04. The third-order valence-electron chi connectivity index (χ3n) is 2.15. The molecule has 0 amide bonds. The smallest absolute Gasteiger partial charge is 0.338 e. The zero-order valence-electron chi connectivity index (χ0n) is 9.38. The lowest BCUT2D eigenvalue weighted by atomic mass is 10.1. The zero-order valence-corrected chi connectivity index (χ0v) is 9.38. The van der Waals surface area contributed by atoms with E-state index in [-0.39, 0.29) is 5.56 Å². The van der Waals surface area contributed by atoms with Crippen LogP contribution in [0.4, 0.5) is 22.0 Å². The highest BCUT2D eigenvalue weighted by atomic mass is 19.3. The molecule has 0 spiro atoms. The predicted octanol–water partition coefficient (Wildman–Crippen LogP) is 2.94. The normalized spacial score (nSPS) is 11.9. The van der Waals surface area contributed by atoms with Gasteiger partial charge in [0.05, 0.1) is 12.2 Å². The standard InChI is InChI=1S/C11H9F5O3/c12-8-3-6(1-2-7(8)9(17)18)4-19-5-11(15,16)10(13)14/h1-3,10H,4-5H2,(H,17,18). The van der Waals surface area contributed by atoms with Gasteiger partial charge in [-0.3, -0.25) is 0 Å². The van der Waals surface area contributed by atoms with Crippen LogP contribution in [0, 0.1) is 5.82 Å². The number of carboxylic acids is 1. The first-order valence-corrected chi connectivity index (χ1v) is 4.99. The summed E-state index contributed by atoms with van der Waals surface area (Å²) >= 11 is 0. The van der Waals surface area contributed by atoms with Crippen LogP contribution < -0.4 is 0 Å². The number of hydrogen-bond donors (Lipinski definition) is 1. The maximum atomic E-state index is 13.2. The first-order valence-electron chi connectivity index (χ1n) is 4.99. The summed E-state index contributed by atoms with van der Waals surface area (Å²) in [5.74, 6) is -6.82. The Hall–Kier alpha value is -1.70. The molecule has 0 aliphatic rings. The molecule has 0 saturated carbocycles. The van der Waals surface area contributed by atoms with Crippen LogP contribution in [-0.2, 0) is 11.3 Å². The van der Waals surface area contributed by atoms with E-state index in [1.165, 1.54) is 0 Å². The van der Waals surface area contributed by atoms with Gasteiger partial charge in [0.1, 0.15) is 12.4 Å². The van der Waals surface area contributed by atoms with Gasteiger partial charge in [0.2, 0.25) is 0 Å². The second-order valence-electron chi connectivity index (χ2n) is 3.67. The Labute approximate surface area is 104 Å². The molecule has 1 aromatic rings. The first kappa shape index (κ1) is 15.4. The highest BCUT2D eigenvalue weighted by Crippen LogP contribution is 2.23. The lowest BCUT2D eigenvalue weighted by Gasteiger charge is -2.15. The lowest BCUT2D eigenvalue weighted by molar-refractivity contribution is -0.168. The summed E-state index contributed by atoms with van der Waals surface area (Å²) in [7, 11) is 0. The molecular weight excluding hydrogens is 275 g/mol. The van der Waals surface area contributed by atoms with Crippen molar-refractivity contribution in [3.05, 3.63) is 35.1 Å². The van der Waals surface area contributed by atoms with Gasteiger partial charge in [0, 0.05) is 0 Å². The van der Waals surface area contributed by atoms with Crippen molar-refractivity contribution < 1.29 is 36.6 Å². The monoisotopic (exact) mass is 284 g/mol. The number of ether oxygens (including phenoxy) is 1. The number of carbonyl (C=O) groups is 1. The summed E-state index contributed by atoms with van der Waals surface area (Å²) in [6, 6.07) is 2.86. The van der Waals surface area contributed by atoms with Gasteiger partial charge in [-0.05, 0) is 17.7 Å². The van der Waals surface area contributed by atoms with Crippen molar-refractivity contribution in [1.82, 2.24) is 0 Å². The van der Waals surface area contributed by atoms with E-state index in [4.69, 9.17) is 5.11 Å². The molecule has 1 rings (SSSR count). The summed E-state index contributed by atoms with van der Waals surface area (Å²) in [5.41, 5.74) is -0.519. The molecule has 106 valence electrons. The molecule has 1 aromatic carbocycles. The molecule has 1 N–H and O–H groups in total. The SMILES string of the molecule is O=C(O)c1ccc(COCC(F)(F)C(F)F)cc1F. The van der Waals surface area contributed by atoms with Gasteiger partial charge in [-0.2, -0.15) is 8.78 Å². The summed E-state index contributed by atoms with van der Waals surface area (Å²) in [4.78, 5) is 10.5. The van der Waals surface area contributed by atoms with E-state index in [0.717, 1.165) is 18.2 Å². The van der Waals surface area contributed by atoms with E-state index in [0.29, 0.717) is 0 Å². The number of rotatable bonds is 6. The number of alkyl halides is 4. The Morgan fingerprint density at radius 1 is 1.37 bits per heavy atom. The van der Waals surface area contributed by atoms with E-state index >= 15 is 0 Å².